The summed E-state index contributed by atoms with van der Waals surface area (Å²) >= 11 is 0. The lowest BCUT2D eigenvalue weighted by Crippen LogP contribution is -2.55. The fraction of sp³-hybridized carbons (Fsp3) is 0.208. The van der Waals surface area contributed by atoms with Crippen molar-refractivity contribution in [2.75, 3.05) is 23.7 Å². The van der Waals surface area contributed by atoms with Crippen LogP contribution in [0.25, 0.3) is 0 Å². The highest BCUT2D eigenvalue weighted by Gasteiger charge is 2.47. The minimum Gasteiger partial charge on any atom is -0.368 e. The van der Waals surface area contributed by atoms with Gasteiger partial charge in [-0.2, -0.15) is 0 Å². The number of amides is 1. The van der Waals surface area contributed by atoms with Gasteiger partial charge in [0.05, 0.1) is 24.3 Å². The Kier molecular flexibility index (Phi) is 5.05. The molecule has 1 atom stereocenters. The van der Waals surface area contributed by atoms with Crippen LogP contribution in [0.1, 0.15) is 22.3 Å². The Balaban J connectivity index is 1.46. The van der Waals surface area contributed by atoms with Crippen LogP contribution in [0.3, 0.4) is 0 Å². The van der Waals surface area contributed by atoms with Crippen LogP contribution in [0.5, 0.6) is 0 Å². The molecule has 1 fully saturated rings. The molecule has 162 valence electrons. The maximum absolute atomic E-state index is 14.2. The monoisotopic (exact) mass is 433 g/mol. The van der Waals surface area contributed by atoms with Crippen molar-refractivity contribution in [1.82, 2.24) is 9.88 Å². The van der Waals surface area contributed by atoms with E-state index in [1.165, 1.54) is 4.90 Å². The number of aromatic nitrogens is 1. The molecule has 2 N–H and O–H groups in total. The molecular weight excluding hydrogens is 412 g/mol. The molecule has 2 aliphatic rings. The van der Waals surface area contributed by atoms with Gasteiger partial charge in [-0.3, -0.25) is 9.79 Å². The van der Waals surface area contributed by atoms with Gasteiger partial charge in [0.25, 0.3) is 5.91 Å². The van der Waals surface area contributed by atoms with Crippen LogP contribution in [-0.2, 0) is 6.54 Å². The molecule has 32 heavy (non-hydrogen) atoms. The molecule has 8 heteroatoms. The van der Waals surface area contributed by atoms with Gasteiger partial charge < -0.3 is 15.5 Å². The second-order valence-corrected chi connectivity index (χ2v) is 7.98. The van der Waals surface area contributed by atoms with E-state index >= 15 is 0 Å². The lowest BCUT2D eigenvalue weighted by Gasteiger charge is -2.38. The van der Waals surface area contributed by atoms with Gasteiger partial charge in [0.1, 0.15) is 23.0 Å². The van der Waals surface area contributed by atoms with Gasteiger partial charge in [0.15, 0.2) is 5.82 Å². The van der Waals surface area contributed by atoms with Crippen LogP contribution in [0, 0.1) is 11.6 Å². The predicted octanol–water partition coefficient (Wildman–Crippen LogP) is 4.08. The third-order valence-electron chi connectivity index (χ3n) is 5.85. The lowest BCUT2D eigenvalue weighted by atomic mass is 9.93. The third-order valence-corrected chi connectivity index (χ3v) is 5.85. The number of benzene rings is 2. The van der Waals surface area contributed by atoms with E-state index in [9.17, 15) is 13.6 Å². The van der Waals surface area contributed by atoms with Gasteiger partial charge >= 0.3 is 0 Å². The molecule has 0 saturated carbocycles. The van der Waals surface area contributed by atoms with Gasteiger partial charge in [-0.1, -0.05) is 30.3 Å². The summed E-state index contributed by atoms with van der Waals surface area (Å²) in [6, 6.07) is 16.5. The van der Waals surface area contributed by atoms with Gasteiger partial charge in [0.2, 0.25) is 0 Å². The summed E-state index contributed by atoms with van der Waals surface area (Å²) < 4.78 is 27.9. The number of rotatable bonds is 3. The van der Waals surface area contributed by atoms with E-state index in [0.717, 1.165) is 29.4 Å². The molecule has 5 rings (SSSR count). The van der Waals surface area contributed by atoms with E-state index in [2.05, 4.69) is 15.6 Å². The summed E-state index contributed by atoms with van der Waals surface area (Å²) in [5, 5.41) is 6.83. The molecule has 1 saturated heterocycles. The number of carbonyl (C=O) groups is 1. The average Bonchev–Trinajstić information content (AvgIpc) is 3.24. The van der Waals surface area contributed by atoms with E-state index in [1.54, 1.807) is 6.20 Å². The van der Waals surface area contributed by atoms with E-state index in [0.29, 0.717) is 31.2 Å². The number of hydrogen-bond donors (Lipinski definition) is 2. The first-order chi connectivity index (χ1) is 15.5. The number of aliphatic imine (C=N–C) groups is 1. The first kappa shape index (κ1) is 20.1. The molecule has 1 aromatic heterocycles. The molecule has 1 spiro atoms. The molecule has 6 nitrogen and oxygen atoms in total. The number of nitrogens with one attached hydrogen (secondary N) is 2. The second kappa shape index (κ2) is 8.03. The normalized spacial score (nSPS) is 20.7. The maximum atomic E-state index is 14.2. The molecule has 3 heterocycles. The van der Waals surface area contributed by atoms with Crippen LogP contribution >= 0.6 is 0 Å². The number of hydrogen-bond acceptors (Lipinski definition) is 4. The highest BCUT2D eigenvalue weighted by atomic mass is 19.1. The molecule has 0 bridgehead atoms. The van der Waals surface area contributed by atoms with Crippen molar-refractivity contribution in [3.05, 3.63) is 89.6 Å². The quantitative estimate of drug-likeness (QED) is 0.653. The van der Waals surface area contributed by atoms with Crippen molar-refractivity contribution in [2.45, 2.75) is 18.5 Å². The van der Waals surface area contributed by atoms with Crippen molar-refractivity contribution in [1.29, 1.82) is 0 Å². The highest BCUT2D eigenvalue weighted by Crippen LogP contribution is 2.36. The van der Waals surface area contributed by atoms with Gasteiger partial charge in [0, 0.05) is 12.7 Å². The van der Waals surface area contributed by atoms with Gasteiger partial charge in [-0.15, -0.1) is 0 Å². The number of likely N-dealkylation sites (tertiary alicyclic amines) is 1. The van der Waals surface area contributed by atoms with Crippen LogP contribution < -0.4 is 10.6 Å². The minimum absolute atomic E-state index is 0.261. The van der Waals surface area contributed by atoms with E-state index in [4.69, 9.17) is 4.99 Å². The topological polar surface area (TPSA) is 69.6 Å². The van der Waals surface area contributed by atoms with Crippen LogP contribution in [0.2, 0.25) is 0 Å². The van der Waals surface area contributed by atoms with Crippen LogP contribution in [0.4, 0.5) is 20.3 Å². The Morgan fingerprint density at radius 1 is 1.12 bits per heavy atom. The molecule has 3 aromatic rings. The fourth-order valence-electron chi connectivity index (χ4n) is 4.21. The smallest absolute Gasteiger partial charge is 0.257 e. The van der Waals surface area contributed by atoms with Crippen molar-refractivity contribution in [3.8, 4) is 0 Å². The summed E-state index contributed by atoms with van der Waals surface area (Å²) in [7, 11) is 0. The number of halogens is 2. The largest absolute Gasteiger partial charge is 0.368 e. The number of anilines is 2. The Bertz CT molecular complexity index is 1200. The molecular formula is C24H21F2N5O. The zero-order valence-electron chi connectivity index (χ0n) is 17.2. The summed E-state index contributed by atoms with van der Waals surface area (Å²) in [5.41, 5.74) is 0.911. The Hall–Kier alpha value is -3.81. The lowest BCUT2D eigenvalue weighted by molar-refractivity contribution is 0.0784. The number of amidine groups is 1. The standard InChI is InChI=1S/C24H21F2N5O/c25-17-8-9-19(26)18(13-17)22(32)31-12-10-24(15-31)23(28-14-16-5-2-1-3-6-16)29-21-20(30-24)7-4-11-27-21/h1-9,11,13,30H,10,12,14-15H2,(H,27,28,29). The van der Waals surface area contributed by atoms with Gasteiger partial charge in [-0.05, 0) is 42.3 Å². The van der Waals surface area contributed by atoms with Crippen LogP contribution in [-0.4, -0.2) is 40.3 Å². The van der Waals surface area contributed by atoms with Crippen LogP contribution in [0.15, 0.2) is 71.9 Å². The zero-order valence-corrected chi connectivity index (χ0v) is 17.2. The van der Waals surface area contributed by atoms with Crippen molar-refractivity contribution < 1.29 is 13.6 Å². The summed E-state index contributed by atoms with van der Waals surface area (Å²) in [4.78, 5) is 23.7. The van der Waals surface area contributed by atoms with E-state index in [-0.39, 0.29) is 12.1 Å². The molecule has 2 aromatic carbocycles. The summed E-state index contributed by atoms with van der Waals surface area (Å²) in [5.74, 6) is -0.598. The number of carbonyl (C=O) groups excluding carboxylic acids is 1. The van der Waals surface area contributed by atoms with Gasteiger partial charge in [-0.25, -0.2) is 13.8 Å². The van der Waals surface area contributed by atoms with Crippen molar-refractivity contribution in [2.24, 2.45) is 4.99 Å². The third kappa shape index (κ3) is 3.68. The highest BCUT2D eigenvalue weighted by molar-refractivity contribution is 6.09. The molecule has 0 radical (unpaired) electrons. The second-order valence-electron chi connectivity index (χ2n) is 7.98. The molecule has 0 aliphatic carbocycles. The summed E-state index contributed by atoms with van der Waals surface area (Å²) in [6.07, 6.45) is 2.25. The fourth-order valence-corrected chi connectivity index (χ4v) is 4.21. The SMILES string of the molecule is O=C(c1cc(F)ccc1F)N1CCC2(C1)Nc1cccnc1NC2=NCc1ccccc1. The first-order valence-corrected chi connectivity index (χ1v) is 10.4. The van der Waals surface area contributed by atoms with Crippen molar-refractivity contribution in [3.63, 3.8) is 0 Å². The minimum atomic E-state index is -0.736. The number of nitrogens with zero attached hydrogens (tertiary/aromatic N) is 3. The average molecular weight is 433 g/mol. The Labute approximate surface area is 184 Å². The van der Waals surface area contributed by atoms with E-state index in [1.807, 2.05) is 42.5 Å². The number of pyridine rings is 1. The zero-order chi connectivity index (χ0) is 22.1. The van der Waals surface area contributed by atoms with E-state index < -0.39 is 23.1 Å². The first-order valence-electron chi connectivity index (χ1n) is 10.4. The molecule has 1 unspecified atom stereocenters. The Morgan fingerprint density at radius 2 is 1.97 bits per heavy atom. The molecule has 2 aliphatic heterocycles. The van der Waals surface area contributed by atoms with Crippen molar-refractivity contribution >= 4 is 23.2 Å². The summed E-state index contributed by atoms with van der Waals surface area (Å²) in [6.45, 7) is 1.10. The predicted molar refractivity (Wildman–Crippen MR) is 119 cm³/mol. The maximum Gasteiger partial charge on any atom is 0.257 e. The molecule has 1 amide bonds. The number of fused-ring (bicyclic) bond motifs is 1. The Morgan fingerprint density at radius 3 is 2.81 bits per heavy atom.